The second kappa shape index (κ2) is 8.32. The molecule has 11 heteroatoms. The Labute approximate surface area is 187 Å². The highest BCUT2D eigenvalue weighted by Gasteiger charge is 2.50. The minimum atomic E-state index is -0.966. The molecule has 162 valence electrons. The van der Waals surface area contributed by atoms with Gasteiger partial charge in [-0.2, -0.15) is 0 Å². The Balaban J connectivity index is 1.66. The van der Waals surface area contributed by atoms with Crippen molar-refractivity contribution >= 4 is 46.6 Å². The van der Waals surface area contributed by atoms with Gasteiger partial charge in [0.2, 0.25) is 11.7 Å². The lowest BCUT2D eigenvalue weighted by Crippen LogP contribution is -2.51. The number of carbonyl (C=O) groups excluding carboxylic acids is 1. The van der Waals surface area contributed by atoms with Gasteiger partial charge >= 0.3 is 11.7 Å². The van der Waals surface area contributed by atoms with E-state index in [2.05, 4.69) is 4.98 Å². The molecular weight excluding hydrogens is 447 g/mol. The molecule has 31 heavy (non-hydrogen) atoms. The number of benzene rings is 1. The van der Waals surface area contributed by atoms with E-state index in [1.165, 1.54) is 12.3 Å². The SMILES string of the molecule is O=C(O)C1CC1C(=O)N1CCN(c2ncc(Cl)cc2[N+](=O)[O-])C(c2ccc(Cl)cc2)C1. The molecule has 1 N–H and O–H groups in total. The van der Waals surface area contributed by atoms with Crippen LogP contribution in [0.2, 0.25) is 10.0 Å². The summed E-state index contributed by atoms with van der Waals surface area (Å²) in [4.78, 5) is 42.7. The van der Waals surface area contributed by atoms with Crippen LogP contribution in [-0.4, -0.2) is 51.4 Å². The molecule has 1 amide bonds. The van der Waals surface area contributed by atoms with Crippen LogP contribution in [0, 0.1) is 22.0 Å². The first-order valence-electron chi connectivity index (χ1n) is 9.60. The fourth-order valence-electron chi connectivity index (χ4n) is 3.96. The molecule has 3 atom stereocenters. The average molecular weight is 465 g/mol. The van der Waals surface area contributed by atoms with Crippen LogP contribution in [0.25, 0.3) is 0 Å². The number of hydrogen-bond donors (Lipinski definition) is 1. The summed E-state index contributed by atoms with van der Waals surface area (Å²) in [5, 5.41) is 21.5. The molecule has 2 aromatic rings. The number of nitrogens with zero attached hydrogens (tertiary/aromatic N) is 4. The maximum atomic E-state index is 12.9. The predicted octanol–water partition coefficient (Wildman–Crippen LogP) is 3.41. The van der Waals surface area contributed by atoms with Crippen molar-refractivity contribution in [2.45, 2.75) is 12.5 Å². The number of carboxylic acids is 1. The Morgan fingerprint density at radius 1 is 1.13 bits per heavy atom. The summed E-state index contributed by atoms with van der Waals surface area (Å²) in [7, 11) is 0. The zero-order chi connectivity index (χ0) is 22.3. The van der Waals surface area contributed by atoms with Crippen LogP contribution in [0.15, 0.2) is 36.5 Å². The highest BCUT2D eigenvalue weighted by molar-refractivity contribution is 6.31. The van der Waals surface area contributed by atoms with E-state index in [9.17, 15) is 19.7 Å². The van der Waals surface area contributed by atoms with Crippen molar-refractivity contribution in [3.05, 3.63) is 62.3 Å². The number of carbonyl (C=O) groups is 2. The van der Waals surface area contributed by atoms with Crippen molar-refractivity contribution in [2.75, 3.05) is 24.5 Å². The molecular formula is C20H18Cl2N4O5. The molecule has 4 rings (SSSR count). The van der Waals surface area contributed by atoms with E-state index in [4.69, 9.17) is 28.3 Å². The monoisotopic (exact) mass is 464 g/mol. The number of nitro groups is 1. The van der Waals surface area contributed by atoms with E-state index in [1.54, 1.807) is 34.1 Å². The Bertz CT molecular complexity index is 1050. The lowest BCUT2D eigenvalue weighted by atomic mass is 10.0. The number of aliphatic carboxylic acids is 1. The van der Waals surface area contributed by atoms with Crippen LogP contribution in [0.3, 0.4) is 0 Å². The van der Waals surface area contributed by atoms with Crippen molar-refractivity contribution in [1.29, 1.82) is 0 Å². The molecule has 0 bridgehead atoms. The Hall–Kier alpha value is -2.91. The van der Waals surface area contributed by atoms with Crippen molar-refractivity contribution in [1.82, 2.24) is 9.88 Å². The molecule has 9 nitrogen and oxygen atoms in total. The van der Waals surface area contributed by atoms with Crippen LogP contribution in [-0.2, 0) is 9.59 Å². The summed E-state index contributed by atoms with van der Waals surface area (Å²) in [6, 6.07) is 7.84. The lowest BCUT2D eigenvalue weighted by molar-refractivity contribution is -0.384. The molecule has 1 aliphatic heterocycles. The average Bonchev–Trinajstić information content (AvgIpc) is 3.55. The zero-order valence-corrected chi connectivity index (χ0v) is 17.7. The summed E-state index contributed by atoms with van der Waals surface area (Å²) in [6.07, 6.45) is 1.69. The number of carboxylic acid groups (broad SMARTS) is 1. The molecule has 2 fully saturated rings. The largest absolute Gasteiger partial charge is 0.481 e. The third-order valence-corrected chi connectivity index (χ3v) is 6.11. The van der Waals surface area contributed by atoms with Gasteiger partial charge < -0.3 is 14.9 Å². The van der Waals surface area contributed by atoms with Gasteiger partial charge in [0.1, 0.15) is 0 Å². The molecule has 1 saturated carbocycles. The van der Waals surface area contributed by atoms with Gasteiger partial charge in [0, 0.05) is 36.9 Å². The first-order chi connectivity index (χ1) is 14.8. The van der Waals surface area contributed by atoms with Gasteiger partial charge in [-0.1, -0.05) is 35.3 Å². The van der Waals surface area contributed by atoms with Crippen molar-refractivity contribution in [3.8, 4) is 0 Å². The first kappa shape index (κ1) is 21.3. The number of piperazine rings is 1. The van der Waals surface area contributed by atoms with Crippen LogP contribution < -0.4 is 4.90 Å². The second-order valence-electron chi connectivity index (χ2n) is 7.59. The van der Waals surface area contributed by atoms with E-state index in [0.29, 0.717) is 24.5 Å². The Kier molecular flexibility index (Phi) is 5.72. The second-order valence-corrected chi connectivity index (χ2v) is 8.46. The number of hydrogen-bond acceptors (Lipinski definition) is 6. The lowest BCUT2D eigenvalue weighted by Gasteiger charge is -2.42. The zero-order valence-electron chi connectivity index (χ0n) is 16.1. The standard InChI is InChI=1S/C20H18Cl2N4O5/c21-12-3-1-11(2-4-12)17-10-24(19(27)14-8-15(14)20(28)29)5-6-25(17)18-16(26(30)31)7-13(22)9-23-18/h1-4,7,9,14-15,17H,5-6,8,10H2,(H,28,29). The van der Waals surface area contributed by atoms with Gasteiger partial charge in [-0.05, 0) is 24.1 Å². The summed E-state index contributed by atoms with van der Waals surface area (Å²) >= 11 is 11.9. The number of amides is 1. The van der Waals surface area contributed by atoms with E-state index < -0.39 is 28.8 Å². The number of pyridine rings is 1. The minimum Gasteiger partial charge on any atom is -0.481 e. The van der Waals surface area contributed by atoms with Gasteiger partial charge in [-0.15, -0.1) is 0 Å². The fourth-order valence-corrected chi connectivity index (χ4v) is 4.24. The van der Waals surface area contributed by atoms with Gasteiger partial charge in [0.15, 0.2) is 0 Å². The van der Waals surface area contributed by atoms with Gasteiger partial charge in [-0.3, -0.25) is 19.7 Å². The van der Waals surface area contributed by atoms with Gasteiger partial charge in [0.25, 0.3) is 0 Å². The molecule has 1 aromatic carbocycles. The Morgan fingerprint density at radius 2 is 1.84 bits per heavy atom. The number of anilines is 1. The summed E-state index contributed by atoms with van der Waals surface area (Å²) in [6.45, 7) is 0.830. The van der Waals surface area contributed by atoms with E-state index in [0.717, 1.165) is 5.56 Å². The Morgan fingerprint density at radius 3 is 2.45 bits per heavy atom. The predicted molar refractivity (Wildman–Crippen MR) is 113 cm³/mol. The minimum absolute atomic E-state index is 0.153. The van der Waals surface area contributed by atoms with Crippen molar-refractivity contribution < 1.29 is 19.6 Å². The summed E-state index contributed by atoms with van der Waals surface area (Å²) < 4.78 is 0. The first-order valence-corrected chi connectivity index (χ1v) is 10.4. The molecule has 1 saturated heterocycles. The number of halogens is 2. The quantitative estimate of drug-likeness (QED) is 0.531. The summed E-state index contributed by atoms with van der Waals surface area (Å²) in [5.41, 5.74) is 0.581. The van der Waals surface area contributed by atoms with Gasteiger partial charge in [-0.25, -0.2) is 4.98 Å². The molecule has 1 aliphatic carbocycles. The van der Waals surface area contributed by atoms with Crippen LogP contribution >= 0.6 is 23.2 Å². The molecule has 2 aliphatic rings. The number of aromatic nitrogens is 1. The van der Waals surface area contributed by atoms with Crippen LogP contribution in [0.5, 0.6) is 0 Å². The fraction of sp³-hybridized carbons (Fsp3) is 0.350. The molecule has 1 aromatic heterocycles. The van der Waals surface area contributed by atoms with Crippen LogP contribution in [0.1, 0.15) is 18.0 Å². The molecule has 0 radical (unpaired) electrons. The third kappa shape index (κ3) is 4.28. The number of rotatable bonds is 5. The third-order valence-electron chi connectivity index (χ3n) is 5.65. The van der Waals surface area contributed by atoms with E-state index >= 15 is 0 Å². The van der Waals surface area contributed by atoms with E-state index in [1.807, 2.05) is 0 Å². The summed E-state index contributed by atoms with van der Waals surface area (Å²) in [5.74, 6) is -2.16. The van der Waals surface area contributed by atoms with Gasteiger partial charge in [0.05, 0.1) is 27.8 Å². The van der Waals surface area contributed by atoms with Crippen LogP contribution in [0.4, 0.5) is 11.5 Å². The smallest absolute Gasteiger partial charge is 0.313 e. The maximum Gasteiger partial charge on any atom is 0.313 e. The normalized spacial score (nSPS) is 22.8. The maximum absolute atomic E-state index is 12.9. The topological polar surface area (TPSA) is 117 Å². The molecule has 3 unspecified atom stereocenters. The van der Waals surface area contributed by atoms with Crippen molar-refractivity contribution in [3.63, 3.8) is 0 Å². The van der Waals surface area contributed by atoms with Crippen molar-refractivity contribution in [2.24, 2.45) is 11.8 Å². The highest BCUT2D eigenvalue weighted by Crippen LogP contribution is 2.42. The molecule has 0 spiro atoms. The highest BCUT2D eigenvalue weighted by atomic mass is 35.5. The van der Waals surface area contributed by atoms with E-state index in [-0.39, 0.29) is 29.0 Å². The molecule has 2 heterocycles.